The third kappa shape index (κ3) is 4.26. The predicted molar refractivity (Wildman–Crippen MR) is 149 cm³/mol. The average Bonchev–Trinajstić information content (AvgIpc) is 3.30. The van der Waals surface area contributed by atoms with Crippen LogP contribution >= 0.6 is 11.6 Å². The molecule has 9 heteroatoms. The van der Waals surface area contributed by atoms with Crippen LogP contribution in [0.4, 0.5) is 11.6 Å². The number of aryl methyl sites for hydroxylation is 1. The zero-order valence-electron chi connectivity index (χ0n) is 21.0. The van der Waals surface area contributed by atoms with Gasteiger partial charge in [-0.15, -0.1) is 0 Å². The van der Waals surface area contributed by atoms with Gasteiger partial charge in [0.25, 0.3) is 5.56 Å². The zero-order valence-corrected chi connectivity index (χ0v) is 21.8. The summed E-state index contributed by atoms with van der Waals surface area (Å²) in [6, 6.07) is 24.6. The molecule has 0 saturated carbocycles. The first-order chi connectivity index (χ1) is 18.4. The van der Waals surface area contributed by atoms with Crippen molar-refractivity contribution in [2.45, 2.75) is 20.0 Å². The van der Waals surface area contributed by atoms with E-state index < -0.39 is 5.69 Å². The van der Waals surface area contributed by atoms with Crippen LogP contribution in [0, 0.1) is 5.92 Å². The molecular weight excluding hydrogens is 502 g/mol. The van der Waals surface area contributed by atoms with Crippen molar-refractivity contribution in [3.63, 3.8) is 0 Å². The van der Waals surface area contributed by atoms with E-state index in [1.807, 2.05) is 71.3 Å². The molecule has 0 unspecified atom stereocenters. The highest BCUT2D eigenvalue weighted by Crippen LogP contribution is 2.34. The third-order valence-electron chi connectivity index (χ3n) is 6.80. The van der Waals surface area contributed by atoms with E-state index in [2.05, 4.69) is 11.8 Å². The molecule has 3 heterocycles. The van der Waals surface area contributed by atoms with Gasteiger partial charge in [-0.3, -0.25) is 13.9 Å². The number of anilines is 2. The molecule has 0 fully saturated rings. The summed E-state index contributed by atoms with van der Waals surface area (Å²) in [6.45, 7) is 3.63. The second-order valence-electron chi connectivity index (χ2n) is 9.68. The number of nitrogens with zero attached hydrogens (tertiary/aromatic N) is 5. The fourth-order valence-electron chi connectivity index (χ4n) is 5.00. The molecule has 1 atom stereocenters. The molecule has 2 aromatic heterocycles. The maximum atomic E-state index is 13.7. The summed E-state index contributed by atoms with van der Waals surface area (Å²) in [5, 5.41) is 0.555. The summed E-state index contributed by atoms with van der Waals surface area (Å²) in [5.74, 6) is 2.38. The number of hydrogen-bond acceptors (Lipinski definition) is 5. The maximum Gasteiger partial charge on any atom is 0.332 e. The lowest BCUT2D eigenvalue weighted by Crippen LogP contribution is -2.40. The molecule has 6 rings (SSSR count). The first-order valence-electron chi connectivity index (χ1n) is 12.4. The molecule has 0 aliphatic carbocycles. The molecule has 192 valence electrons. The number of rotatable bonds is 5. The van der Waals surface area contributed by atoms with Crippen molar-refractivity contribution in [3.05, 3.63) is 110 Å². The van der Waals surface area contributed by atoms with Crippen molar-refractivity contribution in [1.29, 1.82) is 0 Å². The normalized spacial score (nSPS) is 15.0. The Morgan fingerprint density at radius 1 is 0.947 bits per heavy atom. The highest BCUT2D eigenvalue weighted by Gasteiger charge is 2.30. The van der Waals surface area contributed by atoms with Gasteiger partial charge in [-0.05, 0) is 60.0 Å². The molecular formula is C29H26ClN5O3. The van der Waals surface area contributed by atoms with Crippen molar-refractivity contribution in [1.82, 2.24) is 18.7 Å². The number of para-hydroxylation sites is 1. The van der Waals surface area contributed by atoms with Gasteiger partial charge in [-0.1, -0.05) is 48.9 Å². The van der Waals surface area contributed by atoms with Crippen LogP contribution in [0.1, 0.15) is 12.5 Å². The van der Waals surface area contributed by atoms with Gasteiger partial charge in [0.2, 0.25) is 5.95 Å². The fourth-order valence-corrected chi connectivity index (χ4v) is 5.21. The Bertz CT molecular complexity index is 1760. The average molecular weight is 528 g/mol. The van der Waals surface area contributed by atoms with Gasteiger partial charge >= 0.3 is 5.69 Å². The summed E-state index contributed by atoms with van der Waals surface area (Å²) in [5.41, 5.74) is 1.73. The van der Waals surface area contributed by atoms with E-state index in [4.69, 9.17) is 21.3 Å². The lowest BCUT2D eigenvalue weighted by Gasteiger charge is -2.33. The van der Waals surface area contributed by atoms with Crippen LogP contribution in [0.3, 0.4) is 0 Å². The Hall–Kier alpha value is -4.30. The molecule has 1 aliphatic heterocycles. The van der Waals surface area contributed by atoms with E-state index in [0.717, 1.165) is 29.3 Å². The SMILES string of the molecule is C[C@H]1CN(c2ccc(Oc3ccccc3)cc2)c2nc3c(c(=O)n(Cc4cccc(Cl)c4)c(=O)n3C)n2C1. The summed E-state index contributed by atoms with van der Waals surface area (Å²) in [6.07, 6.45) is 0. The first kappa shape index (κ1) is 24.1. The number of ether oxygens (including phenoxy) is 1. The van der Waals surface area contributed by atoms with Gasteiger partial charge < -0.3 is 14.2 Å². The fraction of sp³-hybridized carbons (Fsp3) is 0.207. The lowest BCUT2D eigenvalue weighted by atomic mass is 10.1. The Kier molecular flexibility index (Phi) is 6.04. The van der Waals surface area contributed by atoms with E-state index in [9.17, 15) is 9.59 Å². The molecule has 0 spiro atoms. The van der Waals surface area contributed by atoms with Crippen LogP contribution in [0.25, 0.3) is 11.2 Å². The van der Waals surface area contributed by atoms with E-state index in [0.29, 0.717) is 28.7 Å². The number of benzene rings is 3. The smallest absolute Gasteiger partial charge is 0.332 e. The van der Waals surface area contributed by atoms with Crippen LogP contribution in [0.5, 0.6) is 11.5 Å². The number of imidazole rings is 1. The van der Waals surface area contributed by atoms with E-state index >= 15 is 0 Å². The van der Waals surface area contributed by atoms with Crippen molar-refractivity contribution in [3.8, 4) is 11.5 Å². The van der Waals surface area contributed by atoms with Crippen molar-refractivity contribution in [2.75, 3.05) is 11.4 Å². The van der Waals surface area contributed by atoms with Crippen molar-refractivity contribution < 1.29 is 4.74 Å². The minimum absolute atomic E-state index is 0.130. The molecule has 5 aromatic rings. The maximum absolute atomic E-state index is 13.7. The quantitative estimate of drug-likeness (QED) is 0.315. The number of fused-ring (bicyclic) bond motifs is 3. The van der Waals surface area contributed by atoms with Gasteiger partial charge in [-0.25, -0.2) is 4.79 Å². The number of hydrogen-bond donors (Lipinski definition) is 0. The Morgan fingerprint density at radius 2 is 1.68 bits per heavy atom. The van der Waals surface area contributed by atoms with Crippen LogP contribution in [0.2, 0.25) is 5.02 Å². The topological polar surface area (TPSA) is 74.3 Å². The zero-order chi connectivity index (χ0) is 26.4. The molecule has 0 amide bonds. The first-order valence-corrected chi connectivity index (χ1v) is 12.8. The van der Waals surface area contributed by atoms with Gasteiger partial charge in [0, 0.05) is 30.8 Å². The second-order valence-corrected chi connectivity index (χ2v) is 10.1. The summed E-state index contributed by atoms with van der Waals surface area (Å²) in [4.78, 5) is 33.8. The van der Waals surface area contributed by atoms with E-state index in [1.54, 1.807) is 19.2 Å². The van der Waals surface area contributed by atoms with Crippen molar-refractivity contribution >= 4 is 34.4 Å². The lowest BCUT2D eigenvalue weighted by molar-refractivity contribution is 0.457. The third-order valence-corrected chi connectivity index (χ3v) is 7.03. The predicted octanol–water partition coefficient (Wildman–Crippen LogP) is 5.18. The molecule has 0 N–H and O–H groups in total. The van der Waals surface area contributed by atoms with E-state index in [1.165, 1.54) is 9.13 Å². The van der Waals surface area contributed by atoms with Gasteiger partial charge in [-0.2, -0.15) is 4.98 Å². The van der Waals surface area contributed by atoms with Gasteiger partial charge in [0.1, 0.15) is 11.5 Å². The van der Waals surface area contributed by atoms with Crippen LogP contribution < -0.4 is 20.9 Å². The Morgan fingerprint density at radius 3 is 2.42 bits per heavy atom. The number of halogens is 1. The summed E-state index contributed by atoms with van der Waals surface area (Å²) < 4.78 is 10.6. The van der Waals surface area contributed by atoms with Gasteiger partial charge in [0.15, 0.2) is 11.2 Å². The monoisotopic (exact) mass is 527 g/mol. The van der Waals surface area contributed by atoms with Crippen molar-refractivity contribution in [2.24, 2.45) is 13.0 Å². The summed E-state index contributed by atoms with van der Waals surface area (Å²) >= 11 is 6.14. The molecule has 38 heavy (non-hydrogen) atoms. The van der Waals surface area contributed by atoms with Crippen LogP contribution in [-0.4, -0.2) is 25.2 Å². The molecule has 0 radical (unpaired) electrons. The molecule has 8 nitrogen and oxygen atoms in total. The highest BCUT2D eigenvalue weighted by atomic mass is 35.5. The van der Waals surface area contributed by atoms with Crippen LogP contribution in [-0.2, 0) is 20.1 Å². The molecule has 3 aromatic carbocycles. The molecule has 0 saturated heterocycles. The molecule has 0 bridgehead atoms. The number of aromatic nitrogens is 4. The minimum Gasteiger partial charge on any atom is -0.457 e. The highest BCUT2D eigenvalue weighted by molar-refractivity contribution is 6.30. The van der Waals surface area contributed by atoms with Crippen LogP contribution in [0.15, 0.2) is 88.5 Å². The standard InChI is InChI=1S/C29H26ClN5O3/c1-19-16-33(22-11-13-24(14-12-22)38-23-9-4-3-5-10-23)28-31-26-25(34(28)17-19)27(36)35(29(37)32(26)2)18-20-7-6-8-21(30)15-20/h3-15,19H,16-18H2,1-2H3/t19-/m0/s1. The minimum atomic E-state index is -0.417. The molecule has 1 aliphatic rings. The second kappa shape index (κ2) is 9.54. The largest absolute Gasteiger partial charge is 0.457 e. The Balaban J connectivity index is 1.41. The summed E-state index contributed by atoms with van der Waals surface area (Å²) in [7, 11) is 1.65. The van der Waals surface area contributed by atoms with Gasteiger partial charge in [0.05, 0.1) is 6.54 Å². The Labute approximate surface area is 223 Å². The van der Waals surface area contributed by atoms with E-state index in [-0.39, 0.29) is 18.0 Å².